The van der Waals surface area contributed by atoms with Gasteiger partial charge in [0.2, 0.25) is 0 Å². The van der Waals surface area contributed by atoms with Gasteiger partial charge in [-0.15, -0.1) is 11.3 Å². The van der Waals surface area contributed by atoms with Gasteiger partial charge in [-0.3, -0.25) is 4.99 Å². The number of ether oxygens (including phenoxy) is 1. The largest absolute Gasteiger partial charge is 0.492 e. The Morgan fingerprint density at radius 2 is 2.04 bits per heavy atom. The van der Waals surface area contributed by atoms with Gasteiger partial charge in [0, 0.05) is 18.1 Å². The molecule has 0 spiro atoms. The Hall–Kier alpha value is -2.08. The summed E-state index contributed by atoms with van der Waals surface area (Å²) in [5.74, 6) is 1.64. The number of hydrogen-bond donors (Lipinski definition) is 2. The number of guanidine groups is 1. The lowest BCUT2D eigenvalue weighted by atomic mass is 10.2. The van der Waals surface area contributed by atoms with Crippen LogP contribution in [0.3, 0.4) is 0 Å². The molecule has 0 aliphatic heterocycles. The molecule has 5 nitrogen and oxygen atoms in total. The van der Waals surface area contributed by atoms with Crippen LogP contribution in [0.1, 0.15) is 22.4 Å². The Morgan fingerprint density at radius 3 is 2.70 bits per heavy atom. The molecule has 1 aromatic heterocycles. The highest BCUT2D eigenvalue weighted by atomic mass is 32.1. The van der Waals surface area contributed by atoms with Crippen molar-refractivity contribution in [2.75, 3.05) is 20.2 Å². The van der Waals surface area contributed by atoms with Gasteiger partial charge in [0.1, 0.15) is 17.4 Å². The van der Waals surface area contributed by atoms with Gasteiger partial charge in [-0.1, -0.05) is 24.6 Å². The summed E-state index contributed by atoms with van der Waals surface area (Å²) in [6.07, 6.45) is 2.97. The highest BCUT2D eigenvalue weighted by Crippen LogP contribution is 2.13. The molecule has 0 aliphatic rings. The van der Waals surface area contributed by atoms with Crippen molar-refractivity contribution in [3.05, 3.63) is 45.9 Å². The number of aromatic nitrogens is 1. The first-order valence-electron chi connectivity index (χ1n) is 7.79. The van der Waals surface area contributed by atoms with Gasteiger partial charge in [-0.2, -0.15) is 0 Å². The maximum atomic E-state index is 5.68. The standard InChI is InChI=1S/C17H24N4OS/c1-4-15-11-20-16(23-15)12-21-17(18-3)19-9-10-22-14-7-5-13(2)6-8-14/h5-8,11H,4,9-10,12H2,1-3H3,(H2,18,19,21). The number of aliphatic imine (C=N–C) groups is 1. The highest BCUT2D eigenvalue weighted by molar-refractivity contribution is 7.11. The van der Waals surface area contributed by atoms with Crippen LogP contribution in [0.15, 0.2) is 35.5 Å². The first kappa shape index (κ1) is 17.3. The Kier molecular flexibility index (Phi) is 6.87. The van der Waals surface area contributed by atoms with Gasteiger partial charge in [-0.05, 0) is 25.5 Å². The van der Waals surface area contributed by atoms with Crippen LogP contribution in [0.2, 0.25) is 0 Å². The van der Waals surface area contributed by atoms with Crippen LogP contribution < -0.4 is 15.4 Å². The number of aryl methyl sites for hydroxylation is 2. The third-order valence-electron chi connectivity index (χ3n) is 3.26. The van der Waals surface area contributed by atoms with Crippen LogP contribution >= 0.6 is 11.3 Å². The van der Waals surface area contributed by atoms with E-state index in [1.807, 2.05) is 30.5 Å². The summed E-state index contributed by atoms with van der Waals surface area (Å²) in [5.41, 5.74) is 1.23. The fourth-order valence-electron chi connectivity index (χ4n) is 1.95. The molecule has 0 amide bonds. The minimum absolute atomic E-state index is 0.584. The molecule has 0 aliphatic carbocycles. The number of thiazole rings is 1. The van der Waals surface area contributed by atoms with Crippen molar-refractivity contribution >= 4 is 17.3 Å². The third-order valence-corrected chi connectivity index (χ3v) is 4.41. The Morgan fingerprint density at radius 1 is 1.26 bits per heavy atom. The molecule has 6 heteroatoms. The second kappa shape index (κ2) is 9.15. The minimum atomic E-state index is 0.584. The van der Waals surface area contributed by atoms with E-state index in [1.54, 1.807) is 18.4 Å². The van der Waals surface area contributed by atoms with Gasteiger partial charge in [0.05, 0.1) is 13.1 Å². The van der Waals surface area contributed by atoms with Crippen LogP contribution in [-0.2, 0) is 13.0 Å². The highest BCUT2D eigenvalue weighted by Gasteiger charge is 2.02. The molecule has 0 atom stereocenters. The van der Waals surface area contributed by atoms with Crippen LogP contribution in [0.5, 0.6) is 5.75 Å². The van der Waals surface area contributed by atoms with E-state index in [1.165, 1.54) is 10.4 Å². The lowest BCUT2D eigenvalue weighted by Crippen LogP contribution is -2.38. The van der Waals surface area contributed by atoms with Crippen LogP contribution in [0, 0.1) is 6.92 Å². The molecule has 0 bridgehead atoms. The predicted octanol–water partition coefficient (Wildman–Crippen LogP) is 2.76. The van der Waals surface area contributed by atoms with Crippen molar-refractivity contribution in [1.29, 1.82) is 0 Å². The predicted molar refractivity (Wildman–Crippen MR) is 96.4 cm³/mol. The molecule has 2 aromatic rings. The van der Waals surface area contributed by atoms with Crippen LogP contribution in [0.25, 0.3) is 0 Å². The molecule has 0 radical (unpaired) electrons. The van der Waals surface area contributed by atoms with Crippen molar-refractivity contribution in [2.45, 2.75) is 26.8 Å². The lowest BCUT2D eigenvalue weighted by molar-refractivity contribution is 0.322. The molecule has 124 valence electrons. The molecule has 0 saturated heterocycles. The zero-order valence-corrected chi connectivity index (χ0v) is 14.7. The normalized spacial score (nSPS) is 11.3. The zero-order chi connectivity index (χ0) is 16.5. The summed E-state index contributed by atoms with van der Waals surface area (Å²) in [7, 11) is 1.76. The molecular weight excluding hydrogens is 308 g/mol. The van der Waals surface area contributed by atoms with Gasteiger partial charge >= 0.3 is 0 Å². The molecule has 2 rings (SSSR count). The topological polar surface area (TPSA) is 58.5 Å². The SMILES string of the molecule is CCc1cnc(CNC(=NC)NCCOc2ccc(C)cc2)s1. The number of rotatable bonds is 7. The van der Waals surface area contributed by atoms with Gasteiger partial charge in [0.15, 0.2) is 5.96 Å². The molecule has 1 heterocycles. The van der Waals surface area contributed by atoms with Gasteiger partial charge in [-0.25, -0.2) is 4.98 Å². The Bertz CT molecular complexity index is 622. The van der Waals surface area contributed by atoms with E-state index >= 15 is 0 Å². The smallest absolute Gasteiger partial charge is 0.191 e. The second-order valence-corrected chi connectivity index (χ2v) is 6.29. The van der Waals surface area contributed by atoms with Crippen molar-refractivity contribution in [3.8, 4) is 5.75 Å². The summed E-state index contributed by atoms with van der Waals surface area (Å²) >= 11 is 1.73. The molecule has 2 N–H and O–H groups in total. The van der Waals surface area contributed by atoms with Crippen LogP contribution in [0.4, 0.5) is 0 Å². The summed E-state index contributed by atoms with van der Waals surface area (Å²) < 4.78 is 5.68. The summed E-state index contributed by atoms with van der Waals surface area (Å²) in [5, 5.41) is 7.56. The fourth-order valence-corrected chi connectivity index (χ4v) is 2.75. The third kappa shape index (κ3) is 5.90. The summed E-state index contributed by atoms with van der Waals surface area (Å²) in [6.45, 7) is 6.15. The van der Waals surface area contributed by atoms with E-state index in [2.05, 4.69) is 34.5 Å². The van der Waals surface area contributed by atoms with Crippen molar-refractivity contribution in [2.24, 2.45) is 4.99 Å². The van der Waals surface area contributed by atoms with Gasteiger partial charge in [0.25, 0.3) is 0 Å². The Labute approximate surface area is 141 Å². The molecular formula is C17H24N4OS. The van der Waals surface area contributed by atoms with E-state index in [4.69, 9.17) is 4.74 Å². The first-order valence-corrected chi connectivity index (χ1v) is 8.60. The summed E-state index contributed by atoms with van der Waals surface area (Å²) in [4.78, 5) is 9.89. The molecule has 0 saturated carbocycles. The number of benzene rings is 1. The maximum absolute atomic E-state index is 5.68. The molecule has 0 fully saturated rings. The number of nitrogens with zero attached hydrogens (tertiary/aromatic N) is 2. The average molecular weight is 332 g/mol. The van der Waals surface area contributed by atoms with E-state index in [-0.39, 0.29) is 0 Å². The van der Waals surface area contributed by atoms with Crippen molar-refractivity contribution < 1.29 is 4.74 Å². The fraction of sp³-hybridized carbons (Fsp3) is 0.412. The Balaban J connectivity index is 1.67. The maximum Gasteiger partial charge on any atom is 0.191 e. The van der Waals surface area contributed by atoms with Crippen LogP contribution in [-0.4, -0.2) is 31.1 Å². The second-order valence-electron chi connectivity index (χ2n) is 5.09. The van der Waals surface area contributed by atoms with Gasteiger partial charge < -0.3 is 15.4 Å². The average Bonchev–Trinajstić information content (AvgIpc) is 3.04. The first-order chi connectivity index (χ1) is 11.2. The number of nitrogens with one attached hydrogen (secondary N) is 2. The van der Waals surface area contributed by atoms with E-state index < -0.39 is 0 Å². The van der Waals surface area contributed by atoms with Crippen molar-refractivity contribution in [3.63, 3.8) is 0 Å². The monoisotopic (exact) mass is 332 g/mol. The van der Waals surface area contributed by atoms with E-state index in [9.17, 15) is 0 Å². The molecule has 23 heavy (non-hydrogen) atoms. The minimum Gasteiger partial charge on any atom is -0.492 e. The summed E-state index contributed by atoms with van der Waals surface area (Å²) in [6, 6.07) is 8.05. The zero-order valence-electron chi connectivity index (χ0n) is 13.9. The quantitative estimate of drug-likeness (QED) is 0.465. The number of hydrogen-bond acceptors (Lipinski definition) is 4. The molecule has 1 aromatic carbocycles. The van der Waals surface area contributed by atoms with E-state index in [0.29, 0.717) is 19.7 Å². The van der Waals surface area contributed by atoms with Crippen molar-refractivity contribution in [1.82, 2.24) is 15.6 Å². The van der Waals surface area contributed by atoms with E-state index in [0.717, 1.165) is 23.1 Å². The molecule has 0 unspecified atom stereocenters. The lowest BCUT2D eigenvalue weighted by Gasteiger charge is -2.11.